The summed E-state index contributed by atoms with van der Waals surface area (Å²) in [5.74, 6) is -1.08. The van der Waals surface area contributed by atoms with E-state index in [0.29, 0.717) is 12.1 Å². The van der Waals surface area contributed by atoms with Gasteiger partial charge < -0.3 is 10.1 Å². The van der Waals surface area contributed by atoms with Gasteiger partial charge >= 0.3 is 5.97 Å². The molecule has 0 aromatic heterocycles. The normalized spacial score (nSPS) is 13.0. The molecule has 23 heavy (non-hydrogen) atoms. The van der Waals surface area contributed by atoms with Crippen LogP contribution in [0.1, 0.15) is 31.7 Å². The lowest BCUT2D eigenvalue weighted by molar-refractivity contribution is -0.154. The van der Waals surface area contributed by atoms with E-state index >= 15 is 0 Å². The van der Waals surface area contributed by atoms with Crippen molar-refractivity contribution in [3.63, 3.8) is 0 Å². The van der Waals surface area contributed by atoms with Crippen LogP contribution < -0.4 is 5.32 Å². The van der Waals surface area contributed by atoms with Gasteiger partial charge in [-0.15, -0.1) is 0 Å². The van der Waals surface area contributed by atoms with Gasteiger partial charge in [-0.1, -0.05) is 55.5 Å². The first-order valence-electron chi connectivity index (χ1n) is 7.73. The molecule has 0 saturated heterocycles. The van der Waals surface area contributed by atoms with Crippen LogP contribution in [-0.4, -0.2) is 18.0 Å². The Morgan fingerprint density at radius 1 is 1.00 bits per heavy atom. The van der Waals surface area contributed by atoms with E-state index in [2.05, 4.69) is 5.32 Å². The van der Waals surface area contributed by atoms with Gasteiger partial charge in [0.1, 0.15) is 0 Å². The second-order valence-corrected chi connectivity index (χ2v) is 5.31. The first kappa shape index (κ1) is 16.7. The highest BCUT2D eigenvalue weighted by atomic mass is 16.5. The summed E-state index contributed by atoms with van der Waals surface area (Å²) in [4.78, 5) is 24.4. The maximum atomic E-state index is 12.3. The second-order valence-electron chi connectivity index (χ2n) is 5.31. The highest BCUT2D eigenvalue weighted by molar-refractivity contribution is 5.95. The molecule has 4 nitrogen and oxygen atoms in total. The van der Waals surface area contributed by atoms with Gasteiger partial charge in [0.25, 0.3) is 5.91 Å². The van der Waals surface area contributed by atoms with Crippen molar-refractivity contribution < 1.29 is 14.3 Å². The van der Waals surface area contributed by atoms with E-state index in [4.69, 9.17) is 4.74 Å². The highest BCUT2D eigenvalue weighted by Gasteiger charge is 2.25. The summed E-state index contributed by atoms with van der Waals surface area (Å²) < 4.78 is 5.34. The molecule has 0 saturated carbocycles. The number of carbonyl (C=O) groups is 2. The molecule has 2 atom stereocenters. The molecule has 120 valence electrons. The van der Waals surface area contributed by atoms with Crippen LogP contribution >= 0.6 is 0 Å². The molecule has 0 aliphatic heterocycles. The summed E-state index contributed by atoms with van der Waals surface area (Å²) in [6.45, 7) is 3.50. The Morgan fingerprint density at radius 2 is 1.57 bits per heavy atom. The van der Waals surface area contributed by atoms with E-state index in [0.717, 1.165) is 5.56 Å². The van der Waals surface area contributed by atoms with Crippen LogP contribution in [0.15, 0.2) is 60.7 Å². The number of benzene rings is 2. The zero-order chi connectivity index (χ0) is 16.7. The maximum Gasteiger partial charge on any atom is 0.314 e. The monoisotopic (exact) mass is 311 g/mol. The van der Waals surface area contributed by atoms with E-state index in [9.17, 15) is 9.59 Å². The topological polar surface area (TPSA) is 55.4 Å². The molecule has 0 fully saturated rings. The molecule has 0 radical (unpaired) electrons. The van der Waals surface area contributed by atoms with Gasteiger partial charge in [0, 0.05) is 5.69 Å². The molecule has 0 heterocycles. The van der Waals surface area contributed by atoms with Crippen LogP contribution in [0.25, 0.3) is 0 Å². The molecule has 2 aromatic carbocycles. The fourth-order valence-electron chi connectivity index (χ4n) is 2.30. The van der Waals surface area contributed by atoms with Gasteiger partial charge in [0.15, 0.2) is 6.10 Å². The van der Waals surface area contributed by atoms with Crippen molar-refractivity contribution in [3.8, 4) is 0 Å². The number of hydrogen-bond donors (Lipinski definition) is 1. The minimum atomic E-state index is -0.847. The van der Waals surface area contributed by atoms with E-state index in [1.807, 2.05) is 55.5 Å². The van der Waals surface area contributed by atoms with Crippen molar-refractivity contribution >= 4 is 17.6 Å². The number of anilines is 1. The number of esters is 1. The fraction of sp³-hybridized carbons (Fsp3) is 0.263. The molecule has 0 unspecified atom stereocenters. The number of amides is 1. The average molecular weight is 311 g/mol. The highest BCUT2D eigenvalue weighted by Crippen LogP contribution is 2.21. The summed E-state index contributed by atoms with van der Waals surface area (Å²) >= 11 is 0. The van der Waals surface area contributed by atoms with Gasteiger partial charge in [-0.25, -0.2) is 0 Å². The molecule has 2 aromatic rings. The van der Waals surface area contributed by atoms with E-state index in [1.54, 1.807) is 19.1 Å². The third-order valence-corrected chi connectivity index (χ3v) is 3.60. The second kappa shape index (κ2) is 8.13. The fourth-order valence-corrected chi connectivity index (χ4v) is 2.30. The quantitative estimate of drug-likeness (QED) is 0.827. The van der Waals surface area contributed by atoms with E-state index < -0.39 is 6.10 Å². The zero-order valence-corrected chi connectivity index (χ0v) is 13.4. The predicted octanol–water partition coefficient (Wildman–Crippen LogP) is 3.75. The number of carbonyl (C=O) groups excluding carboxylic acids is 2. The molecule has 4 heteroatoms. The van der Waals surface area contributed by atoms with Gasteiger partial charge in [-0.05, 0) is 31.0 Å². The van der Waals surface area contributed by atoms with Crippen LogP contribution in [-0.2, 0) is 14.3 Å². The Hall–Kier alpha value is -2.62. The summed E-state index contributed by atoms with van der Waals surface area (Å²) in [5, 5.41) is 2.73. The number of ether oxygens (including phenoxy) is 1. The molecule has 0 aliphatic rings. The van der Waals surface area contributed by atoms with E-state index in [-0.39, 0.29) is 17.8 Å². The van der Waals surface area contributed by atoms with Crippen molar-refractivity contribution in [1.29, 1.82) is 0 Å². The summed E-state index contributed by atoms with van der Waals surface area (Å²) in [6, 6.07) is 18.5. The number of hydrogen-bond acceptors (Lipinski definition) is 3. The van der Waals surface area contributed by atoms with Crippen LogP contribution in [0.3, 0.4) is 0 Å². The lowest BCUT2D eigenvalue weighted by Gasteiger charge is -2.18. The molecular formula is C19H21NO3. The Balaban J connectivity index is 1.97. The Bertz CT molecular complexity index is 640. The van der Waals surface area contributed by atoms with Gasteiger partial charge in [-0.3, -0.25) is 9.59 Å². The third-order valence-electron chi connectivity index (χ3n) is 3.60. The van der Waals surface area contributed by atoms with Crippen molar-refractivity contribution in [3.05, 3.63) is 66.2 Å². The average Bonchev–Trinajstić information content (AvgIpc) is 2.57. The lowest BCUT2D eigenvalue weighted by atomic mass is 9.97. The molecular weight excluding hydrogens is 290 g/mol. The molecule has 2 rings (SSSR count). The molecule has 1 amide bonds. The number of nitrogens with one attached hydrogen (secondary N) is 1. The Morgan fingerprint density at radius 3 is 2.13 bits per heavy atom. The van der Waals surface area contributed by atoms with Crippen LogP contribution in [0.4, 0.5) is 5.69 Å². The first-order chi connectivity index (χ1) is 11.1. The van der Waals surface area contributed by atoms with Crippen LogP contribution in [0.5, 0.6) is 0 Å². The minimum absolute atomic E-state index is 0.340. The predicted molar refractivity (Wildman–Crippen MR) is 90.1 cm³/mol. The Labute approximate surface area is 136 Å². The number of para-hydroxylation sites is 1. The van der Waals surface area contributed by atoms with Crippen LogP contribution in [0.2, 0.25) is 0 Å². The first-order valence-corrected chi connectivity index (χ1v) is 7.73. The third kappa shape index (κ3) is 4.68. The summed E-state index contributed by atoms with van der Waals surface area (Å²) in [6.07, 6.45) is -0.226. The van der Waals surface area contributed by atoms with Crippen LogP contribution in [0, 0.1) is 0 Å². The zero-order valence-electron chi connectivity index (χ0n) is 13.4. The standard InChI is InChI=1S/C19H21NO3/c1-3-17(15-10-6-4-7-11-15)19(22)23-14(2)18(21)20-16-12-8-5-9-13-16/h4-14,17H,3H2,1-2H3,(H,20,21)/t14-,17+/m0/s1. The van der Waals surface area contributed by atoms with Crippen molar-refractivity contribution in [1.82, 2.24) is 0 Å². The van der Waals surface area contributed by atoms with Gasteiger partial charge in [-0.2, -0.15) is 0 Å². The molecule has 0 bridgehead atoms. The maximum absolute atomic E-state index is 12.3. The molecule has 0 spiro atoms. The van der Waals surface area contributed by atoms with Crippen molar-refractivity contribution in [2.45, 2.75) is 32.3 Å². The summed E-state index contributed by atoms with van der Waals surface area (Å²) in [7, 11) is 0. The minimum Gasteiger partial charge on any atom is -0.452 e. The van der Waals surface area contributed by atoms with Gasteiger partial charge in [0.05, 0.1) is 5.92 Å². The van der Waals surface area contributed by atoms with Gasteiger partial charge in [0.2, 0.25) is 0 Å². The lowest BCUT2D eigenvalue weighted by Crippen LogP contribution is -2.31. The number of rotatable bonds is 6. The van der Waals surface area contributed by atoms with Crippen molar-refractivity contribution in [2.75, 3.05) is 5.32 Å². The van der Waals surface area contributed by atoms with E-state index in [1.165, 1.54) is 0 Å². The molecule has 0 aliphatic carbocycles. The Kier molecular flexibility index (Phi) is 5.92. The van der Waals surface area contributed by atoms with Crippen molar-refractivity contribution in [2.24, 2.45) is 0 Å². The molecule has 1 N–H and O–H groups in total. The summed E-state index contributed by atoms with van der Waals surface area (Å²) in [5.41, 5.74) is 1.58. The largest absolute Gasteiger partial charge is 0.452 e. The smallest absolute Gasteiger partial charge is 0.314 e. The SMILES string of the molecule is CC[C@@H](C(=O)O[C@@H](C)C(=O)Nc1ccccc1)c1ccccc1.